The quantitative estimate of drug-likeness (QED) is 0.769. The van der Waals surface area contributed by atoms with Crippen molar-refractivity contribution in [1.82, 2.24) is 0 Å². The molecule has 5 heteroatoms. The molecule has 0 saturated heterocycles. The fraction of sp³-hybridized carbons (Fsp3) is 0.889. The van der Waals surface area contributed by atoms with E-state index in [4.69, 9.17) is 5.11 Å². The Bertz CT molecular complexity index is 325. The third-order valence-corrected chi connectivity index (χ3v) is 4.96. The molecule has 4 nitrogen and oxygen atoms in total. The highest BCUT2D eigenvalue weighted by molar-refractivity contribution is 7.92. The molecule has 14 heavy (non-hydrogen) atoms. The average molecular weight is 220 g/mol. The lowest BCUT2D eigenvalue weighted by Crippen LogP contribution is -2.55. The molecule has 1 rings (SSSR count). The van der Waals surface area contributed by atoms with Gasteiger partial charge in [0.15, 0.2) is 14.6 Å². The van der Waals surface area contributed by atoms with Crippen LogP contribution in [0.4, 0.5) is 0 Å². The lowest BCUT2D eigenvalue weighted by molar-refractivity contribution is -0.144. The van der Waals surface area contributed by atoms with Crippen molar-refractivity contribution in [2.24, 2.45) is 5.92 Å². The van der Waals surface area contributed by atoms with E-state index in [-0.39, 0.29) is 18.8 Å². The molecule has 1 saturated carbocycles. The van der Waals surface area contributed by atoms with Gasteiger partial charge in [-0.25, -0.2) is 8.42 Å². The molecule has 1 aliphatic carbocycles. The second kappa shape index (κ2) is 3.53. The molecule has 0 atom stereocenters. The molecular weight excluding hydrogens is 204 g/mol. The highest BCUT2D eigenvalue weighted by Gasteiger charge is 2.57. The van der Waals surface area contributed by atoms with Crippen LogP contribution in [0.2, 0.25) is 0 Å². The molecule has 0 amide bonds. The van der Waals surface area contributed by atoms with Crippen molar-refractivity contribution in [2.45, 2.75) is 37.4 Å². The van der Waals surface area contributed by atoms with Crippen molar-refractivity contribution in [1.29, 1.82) is 0 Å². The molecule has 82 valence electrons. The molecule has 0 bridgehead atoms. The molecule has 0 radical (unpaired) electrons. The van der Waals surface area contributed by atoms with Crippen LogP contribution in [-0.4, -0.2) is 30.5 Å². The molecule has 0 aromatic carbocycles. The number of carbonyl (C=O) groups is 1. The number of carboxylic acid groups (broad SMARTS) is 1. The van der Waals surface area contributed by atoms with Crippen molar-refractivity contribution < 1.29 is 18.3 Å². The normalized spacial score (nSPS) is 32.3. The smallest absolute Gasteiger partial charge is 0.325 e. The number of hydrogen-bond acceptors (Lipinski definition) is 3. The molecule has 0 spiro atoms. The summed E-state index contributed by atoms with van der Waals surface area (Å²) >= 11 is 0. The van der Waals surface area contributed by atoms with Crippen molar-refractivity contribution in [3.63, 3.8) is 0 Å². The Labute approximate surface area is 84.2 Å². The van der Waals surface area contributed by atoms with E-state index in [9.17, 15) is 13.2 Å². The van der Waals surface area contributed by atoms with Gasteiger partial charge in [0.1, 0.15) is 0 Å². The number of hydrogen-bond donors (Lipinski definition) is 1. The van der Waals surface area contributed by atoms with Crippen molar-refractivity contribution >= 4 is 15.8 Å². The van der Waals surface area contributed by atoms with Gasteiger partial charge in [-0.05, 0) is 18.8 Å². The van der Waals surface area contributed by atoms with Crippen LogP contribution in [0, 0.1) is 5.92 Å². The summed E-state index contributed by atoms with van der Waals surface area (Å²) in [6.07, 6.45) is 3.49. The van der Waals surface area contributed by atoms with E-state index in [1.165, 1.54) is 0 Å². The molecule has 0 aliphatic heterocycles. The lowest BCUT2D eigenvalue weighted by atomic mass is 9.72. The zero-order chi connectivity index (χ0) is 11.0. The van der Waals surface area contributed by atoms with E-state index in [1.807, 2.05) is 6.92 Å². The Morgan fingerprint density at radius 3 is 2.29 bits per heavy atom. The van der Waals surface area contributed by atoms with Crippen molar-refractivity contribution in [3.8, 4) is 0 Å². The van der Waals surface area contributed by atoms with E-state index < -0.39 is 20.6 Å². The van der Waals surface area contributed by atoms with Gasteiger partial charge < -0.3 is 5.11 Å². The maximum atomic E-state index is 11.3. The zero-order valence-corrected chi connectivity index (χ0v) is 9.30. The van der Waals surface area contributed by atoms with Crippen LogP contribution in [0.15, 0.2) is 0 Å². The second-order valence-corrected chi connectivity index (χ2v) is 6.46. The number of sulfone groups is 1. The van der Waals surface area contributed by atoms with Crippen LogP contribution in [0.3, 0.4) is 0 Å². The molecule has 1 N–H and O–H groups in total. The van der Waals surface area contributed by atoms with Gasteiger partial charge in [0, 0.05) is 6.26 Å². The Morgan fingerprint density at radius 2 is 2.00 bits per heavy atom. The summed E-state index contributed by atoms with van der Waals surface area (Å²) in [4.78, 5) is 10.9. The minimum atomic E-state index is -3.48. The SMILES string of the molecule is CCCC1CC(C(=O)O)(S(C)(=O)=O)C1. The summed E-state index contributed by atoms with van der Waals surface area (Å²) in [6.45, 7) is 2.02. The molecule has 1 fully saturated rings. The summed E-state index contributed by atoms with van der Waals surface area (Å²) in [5.74, 6) is -0.918. The third kappa shape index (κ3) is 1.65. The second-order valence-electron chi connectivity index (χ2n) is 4.13. The first-order valence-electron chi connectivity index (χ1n) is 4.76. The monoisotopic (exact) mass is 220 g/mol. The van der Waals surface area contributed by atoms with Crippen molar-refractivity contribution in [2.75, 3.05) is 6.26 Å². The van der Waals surface area contributed by atoms with Gasteiger partial charge in [-0.1, -0.05) is 19.8 Å². The topological polar surface area (TPSA) is 71.4 Å². The number of rotatable bonds is 4. The summed E-state index contributed by atoms with van der Waals surface area (Å²) in [7, 11) is -3.48. The predicted molar refractivity (Wildman–Crippen MR) is 52.8 cm³/mol. The number of aliphatic carboxylic acids is 1. The summed E-state index contributed by atoms with van der Waals surface area (Å²) in [6, 6.07) is 0. The van der Waals surface area contributed by atoms with Crippen LogP contribution in [0.5, 0.6) is 0 Å². The largest absolute Gasteiger partial charge is 0.480 e. The predicted octanol–water partition coefficient (Wildman–Crippen LogP) is 1.06. The van der Waals surface area contributed by atoms with Crippen LogP contribution in [-0.2, 0) is 14.6 Å². The number of carboxylic acids is 1. The summed E-state index contributed by atoms with van der Waals surface area (Å²) in [5.41, 5.74) is 0. The van der Waals surface area contributed by atoms with E-state index in [2.05, 4.69) is 0 Å². The maximum Gasteiger partial charge on any atom is 0.325 e. The van der Waals surface area contributed by atoms with E-state index in [0.717, 1.165) is 19.1 Å². The maximum absolute atomic E-state index is 11.3. The average Bonchev–Trinajstić information content (AvgIpc) is 1.91. The lowest BCUT2D eigenvalue weighted by Gasteiger charge is -2.42. The third-order valence-electron chi connectivity index (χ3n) is 3.03. The fourth-order valence-electron chi connectivity index (χ4n) is 2.12. The Balaban J connectivity index is 2.79. The van der Waals surface area contributed by atoms with Crippen molar-refractivity contribution in [3.05, 3.63) is 0 Å². The zero-order valence-electron chi connectivity index (χ0n) is 8.49. The highest BCUT2D eigenvalue weighted by atomic mass is 32.2. The summed E-state index contributed by atoms with van der Waals surface area (Å²) < 4.78 is 21.2. The Morgan fingerprint density at radius 1 is 1.50 bits per heavy atom. The Hall–Kier alpha value is -0.580. The van der Waals surface area contributed by atoms with Crippen LogP contribution in [0.25, 0.3) is 0 Å². The Kier molecular flexibility index (Phi) is 2.90. The first kappa shape index (κ1) is 11.5. The van der Waals surface area contributed by atoms with Crippen LogP contribution in [0.1, 0.15) is 32.6 Å². The van der Waals surface area contributed by atoms with Gasteiger partial charge in [-0.3, -0.25) is 4.79 Å². The minimum absolute atomic E-state index is 0.269. The fourth-order valence-corrected chi connectivity index (χ4v) is 3.52. The molecule has 0 unspecified atom stereocenters. The first-order valence-corrected chi connectivity index (χ1v) is 6.65. The van der Waals surface area contributed by atoms with Crippen LogP contribution >= 0.6 is 0 Å². The molecule has 0 heterocycles. The van der Waals surface area contributed by atoms with Gasteiger partial charge in [0.25, 0.3) is 0 Å². The van der Waals surface area contributed by atoms with Gasteiger partial charge >= 0.3 is 5.97 Å². The highest BCUT2D eigenvalue weighted by Crippen LogP contribution is 2.45. The first-order chi connectivity index (χ1) is 6.33. The van der Waals surface area contributed by atoms with Crippen LogP contribution < -0.4 is 0 Å². The molecule has 0 aromatic heterocycles. The standard InChI is InChI=1S/C9H16O4S/c1-3-4-7-5-9(6-7,8(10)11)14(2,12)13/h7H,3-6H2,1-2H3,(H,10,11). The summed E-state index contributed by atoms with van der Waals surface area (Å²) in [5, 5.41) is 8.93. The molecular formula is C9H16O4S. The molecule has 1 aliphatic rings. The van der Waals surface area contributed by atoms with Gasteiger partial charge in [0.05, 0.1) is 0 Å². The minimum Gasteiger partial charge on any atom is -0.480 e. The van der Waals surface area contributed by atoms with E-state index >= 15 is 0 Å². The van der Waals surface area contributed by atoms with Gasteiger partial charge in [-0.15, -0.1) is 0 Å². The van der Waals surface area contributed by atoms with E-state index in [0.29, 0.717) is 0 Å². The van der Waals surface area contributed by atoms with Gasteiger partial charge in [-0.2, -0.15) is 0 Å². The van der Waals surface area contributed by atoms with Gasteiger partial charge in [0.2, 0.25) is 0 Å². The molecule has 0 aromatic rings. The van der Waals surface area contributed by atoms with E-state index in [1.54, 1.807) is 0 Å².